The molecular formula is C52H38N4. The topological polar surface area (TPSA) is 43.0 Å². The van der Waals surface area contributed by atoms with Crippen molar-refractivity contribution in [2.45, 2.75) is 27.7 Å². The van der Waals surface area contributed by atoms with Crippen LogP contribution in [0.15, 0.2) is 158 Å². The van der Waals surface area contributed by atoms with E-state index in [9.17, 15) is 0 Å². The van der Waals surface area contributed by atoms with Crippen molar-refractivity contribution < 1.29 is 0 Å². The van der Waals surface area contributed by atoms with Crippen molar-refractivity contribution in [2.24, 2.45) is 0 Å². The Bertz CT molecular complexity index is 2930. The molecule has 266 valence electrons. The van der Waals surface area contributed by atoms with Crippen molar-refractivity contribution in [3.05, 3.63) is 191 Å². The Morgan fingerprint density at radius 3 is 1.48 bits per heavy atom. The van der Waals surface area contributed by atoms with Crippen LogP contribution < -0.4 is 0 Å². The number of aromatic nitrogens is 3. The zero-order chi connectivity index (χ0) is 38.3. The SMILES string of the molecule is [C-]#[N+]c1cc(-c2cccc(-c3ccc4c(ccc5ccccc54)c3)c2)ccc1-c1cccc(-c2nc(-c3cc(C)cc(C)c3)nc(-c3cc(C)cc(C)c3)n2)c1. The van der Waals surface area contributed by atoms with Crippen LogP contribution in [0.2, 0.25) is 0 Å². The number of hydrogen-bond donors (Lipinski definition) is 0. The summed E-state index contributed by atoms with van der Waals surface area (Å²) in [5.74, 6) is 1.85. The number of aryl methyl sites for hydroxylation is 4. The van der Waals surface area contributed by atoms with Gasteiger partial charge in [-0.3, -0.25) is 0 Å². The Labute approximate surface area is 327 Å². The van der Waals surface area contributed by atoms with Crippen LogP contribution in [0, 0.1) is 34.3 Å². The van der Waals surface area contributed by atoms with Crippen LogP contribution in [-0.2, 0) is 0 Å². The summed E-state index contributed by atoms with van der Waals surface area (Å²) < 4.78 is 0. The molecule has 9 rings (SSSR count). The van der Waals surface area contributed by atoms with Gasteiger partial charge in [0, 0.05) is 16.7 Å². The maximum atomic E-state index is 8.23. The molecule has 4 nitrogen and oxygen atoms in total. The summed E-state index contributed by atoms with van der Waals surface area (Å²) in [7, 11) is 0. The van der Waals surface area contributed by atoms with Crippen LogP contribution in [0.4, 0.5) is 5.69 Å². The van der Waals surface area contributed by atoms with Crippen LogP contribution in [0.3, 0.4) is 0 Å². The first kappa shape index (κ1) is 34.5. The summed E-state index contributed by atoms with van der Waals surface area (Å²) in [4.78, 5) is 19.1. The highest BCUT2D eigenvalue weighted by Gasteiger charge is 2.16. The van der Waals surface area contributed by atoms with Gasteiger partial charge < -0.3 is 0 Å². The molecule has 0 atom stereocenters. The normalized spacial score (nSPS) is 11.2. The molecule has 0 amide bonds. The number of hydrogen-bond acceptors (Lipinski definition) is 3. The molecule has 56 heavy (non-hydrogen) atoms. The summed E-state index contributed by atoms with van der Waals surface area (Å²) >= 11 is 0. The van der Waals surface area contributed by atoms with Crippen molar-refractivity contribution in [2.75, 3.05) is 0 Å². The lowest BCUT2D eigenvalue weighted by atomic mass is 9.94. The molecule has 9 aromatic rings. The predicted molar refractivity (Wildman–Crippen MR) is 233 cm³/mol. The highest BCUT2D eigenvalue weighted by atomic mass is 15.0. The highest BCUT2D eigenvalue weighted by molar-refractivity contribution is 6.08. The second kappa shape index (κ2) is 14.2. The molecule has 0 saturated carbocycles. The Kier molecular flexibility index (Phi) is 8.76. The number of benzene rings is 8. The number of nitrogens with zero attached hydrogens (tertiary/aromatic N) is 4. The zero-order valence-corrected chi connectivity index (χ0v) is 31.8. The van der Waals surface area contributed by atoms with E-state index in [0.717, 1.165) is 72.3 Å². The minimum absolute atomic E-state index is 0.588. The molecule has 0 fully saturated rings. The standard InChI is InChI=1S/C52H38N4/c1-32-22-33(2)25-44(24-32)51-54-50(55-52(56-51)45-26-34(3)23-35(4)27-45)43-14-9-13-41(30-43)48-21-19-40(31-49(48)53-5)38-12-8-11-37(28-38)39-18-20-47-42(29-39)17-16-36-10-6-7-15-46(36)47/h6-31H,1-4H3. The third-order valence-electron chi connectivity index (χ3n) is 10.4. The first-order chi connectivity index (χ1) is 27.3. The predicted octanol–water partition coefficient (Wildman–Crippen LogP) is 14.0. The third kappa shape index (κ3) is 6.72. The van der Waals surface area contributed by atoms with Crippen molar-refractivity contribution >= 4 is 27.2 Å². The molecule has 1 heterocycles. The Balaban J connectivity index is 1.08. The Morgan fingerprint density at radius 2 is 0.839 bits per heavy atom. The second-order valence-corrected chi connectivity index (χ2v) is 14.8. The molecule has 0 spiro atoms. The van der Waals surface area contributed by atoms with Crippen LogP contribution in [0.5, 0.6) is 0 Å². The van der Waals surface area contributed by atoms with Gasteiger partial charge in [-0.1, -0.05) is 131 Å². The van der Waals surface area contributed by atoms with Crippen molar-refractivity contribution in [1.82, 2.24) is 15.0 Å². The average molecular weight is 719 g/mol. The quantitative estimate of drug-likeness (QED) is 0.127. The van der Waals surface area contributed by atoms with Gasteiger partial charge in [-0.15, -0.1) is 0 Å². The monoisotopic (exact) mass is 718 g/mol. The first-order valence-corrected chi connectivity index (χ1v) is 18.9. The van der Waals surface area contributed by atoms with Gasteiger partial charge in [0.25, 0.3) is 0 Å². The largest absolute Gasteiger partial charge is 0.237 e. The molecule has 0 radical (unpaired) electrons. The van der Waals surface area contributed by atoms with E-state index in [-0.39, 0.29) is 0 Å². The van der Waals surface area contributed by atoms with Gasteiger partial charge in [-0.25, -0.2) is 19.8 Å². The summed E-state index contributed by atoms with van der Waals surface area (Å²) in [6, 6.07) is 55.3. The van der Waals surface area contributed by atoms with Gasteiger partial charge in [-0.05, 0) is 131 Å². The molecular weight excluding hydrogens is 681 g/mol. The molecule has 8 aromatic carbocycles. The van der Waals surface area contributed by atoms with Gasteiger partial charge in [0.05, 0.1) is 6.57 Å². The molecule has 0 unspecified atom stereocenters. The van der Waals surface area contributed by atoms with Crippen LogP contribution in [-0.4, -0.2) is 15.0 Å². The van der Waals surface area contributed by atoms with Crippen molar-refractivity contribution in [3.63, 3.8) is 0 Å². The molecule has 0 saturated heterocycles. The lowest BCUT2D eigenvalue weighted by Crippen LogP contribution is -2.01. The van der Waals surface area contributed by atoms with E-state index in [0.29, 0.717) is 23.2 Å². The summed E-state index contributed by atoms with van der Waals surface area (Å²) in [5, 5.41) is 4.98. The smallest absolute Gasteiger partial charge is 0.195 e. The fourth-order valence-corrected chi connectivity index (χ4v) is 7.92. The average Bonchev–Trinajstić information content (AvgIpc) is 3.22. The second-order valence-electron chi connectivity index (χ2n) is 14.8. The summed E-state index contributed by atoms with van der Waals surface area (Å²) in [6.07, 6.45) is 0. The molecule has 4 heteroatoms. The minimum atomic E-state index is 0.588. The van der Waals surface area contributed by atoms with Crippen LogP contribution >= 0.6 is 0 Å². The highest BCUT2D eigenvalue weighted by Crippen LogP contribution is 2.38. The van der Waals surface area contributed by atoms with Gasteiger partial charge in [0.1, 0.15) is 0 Å². The van der Waals surface area contributed by atoms with Crippen molar-refractivity contribution in [3.8, 4) is 67.5 Å². The Morgan fingerprint density at radius 1 is 0.357 bits per heavy atom. The van der Waals surface area contributed by atoms with Gasteiger partial charge in [0.15, 0.2) is 23.2 Å². The molecule has 0 N–H and O–H groups in total. The summed E-state index contributed by atoms with van der Waals surface area (Å²) in [6.45, 7) is 16.6. The van der Waals surface area contributed by atoms with Gasteiger partial charge >= 0.3 is 0 Å². The fraction of sp³-hybridized carbons (Fsp3) is 0.0769. The first-order valence-electron chi connectivity index (χ1n) is 18.9. The third-order valence-corrected chi connectivity index (χ3v) is 10.4. The minimum Gasteiger partial charge on any atom is -0.237 e. The molecule has 0 aliphatic carbocycles. The maximum absolute atomic E-state index is 8.23. The molecule has 1 aromatic heterocycles. The lowest BCUT2D eigenvalue weighted by Gasteiger charge is -2.12. The van der Waals surface area contributed by atoms with E-state index in [1.54, 1.807) is 0 Å². The van der Waals surface area contributed by atoms with Crippen molar-refractivity contribution in [1.29, 1.82) is 0 Å². The summed E-state index contributed by atoms with van der Waals surface area (Å²) in [5.41, 5.74) is 14.1. The van der Waals surface area contributed by atoms with E-state index in [2.05, 4.69) is 166 Å². The van der Waals surface area contributed by atoms with E-state index < -0.39 is 0 Å². The fourth-order valence-electron chi connectivity index (χ4n) is 7.92. The number of rotatable bonds is 6. The van der Waals surface area contributed by atoms with Gasteiger partial charge in [0.2, 0.25) is 0 Å². The molecule has 0 bridgehead atoms. The van der Waals surface area contributed by atoms with E-state index in [1.807, 2.05) is 24.3 Å². The van der Waals surface area contributed by atoms with Crippen LogP contribution in [0.25, 0.3) is 93.9 Å². The van der Waals surface area contributed by atoms with Gasteiger partial charge in [-0.2, -0.15) is 0 Å². The maximum Gasteiger partial charge on any atom is 0.195 e. The Hall–Kier alpha value is -7.22. The zero-order valence-electron chi connectivity index (χ0n) is 31.8. The van der Waals surface area contributed by atoms with E-state index >= 15 is 0 Å². The van der Waals surface area contributed by atoms with E-state index in [1.165, 1.54) is 21.5 Å². The van der Waals surface area contributed by atoms with E-state index in [4.69, 9.17) is 21.5 Å². The molecule has 0 aliphatic rings. The lowest BCUT2D eigenvalue weighted by molar-refractivity contribution is 1.07. The van der Waals surface area contributed by atoms with Crippen LogP contribution in [0.1, 0.15) is 22.3 Å². The number of fused-ring (bicyclic) bond motifs is 3. The molecule has 0 aliphatic heterocycles.